The van der Waals surface area contributed by atoms with Gasteiger partial charge < -0.3 is 5.11 Å². The maximum atomic E-state index is 11.0. The summed E-state index contributed by atoms with van der Waals surface area (Å²) in [6, 6.07) is 5.42. The van der Waals surface area contributed by atoms with Gasteiger partial charge in [0.05, 0.1) is 17.1 Å². The Morgan fingerprint density at radius 2 is 2.10 bits per heavy atom. The van der Waals surface area contributed by atoms with E-state index in [4.69, 9.17) is 5.11 Å². The lowest BCUT2D eigenvalue weighted by Crippen LogP contribution is -2.20. The van der Waals surface area contributed by atoms with Gasteiger partial charge in [-0.15, -0.1) is 5.10 Å². The zero-order valence-corrected chi connectivity index (χ0v) is 12.1. The fourth-order valence-corrected chi connectivity index (χ4v) is 3.61. The maximum absolute atomic E-state index is 11.0. The Morgan fingerprint density at radius 3 is 2.75 bits per heavy atom. The van der Waals surface area contributed by atoms with Crippen LogP contribution in [-0.4, -0.2) is 37.6 Å². The van der Waals surface area contributed by atoms with Gasteiger partial charge in [0, 0.05) is 5.25 Å². The number of carboxylic acid groups (broad SMARTS) is 1. The minimum absolute atomic E-state index is 0.260. The number of carboxylic acids is 1. The highest BCUT2D eigenvalue weighted by molar-refractivity contribution is 7.99. The topological polar surface area (TPSA) is 68.0 Å². The molecular formula is C14H17N3O2S. The van der Waals surface area contributed by atoms with E-state index in [0.29, 0.717) is 11.6 Å². The monoisotopic (exact) mass is 291 g/mol. The Kier molecular flexibility index (Phi) is 3.65. The fraction of sp³-hybridized carbons (Fsp3) is 0.500. The van der Waals surface area contributed by atoms with Crippen molar-refractivity contribution in [3.63, 3.8) is 0 Å². The first kappa shape index (κ1) is 13.4. The highest BCUT2D eigenvalue weighted by Crippen LogP contribution is 2.34. The average Bonchev–Trinajstić information content (AvgIpc) is 2.90. The summed E-state index contributed by atoms with van der Waals surface area (Å²) in [5.74, 6) is -0.929. The molecule has 0 saturated heterocycles. The Balaban J connectivity index is 1.88. The molecule has 1 aromatic heterocycles. The Bertz CT molecular complexity index is 632. The van der Waals surface area contributed by atoms with Gasteiger partial charge in [0.15, 0.2) is 0 Å². The Hall–Kier alpha value is -1.56. The van der Waals surface area contributed by atoms with Crippen molar-refractivity contribution in [2.24, 2.45) is 0 Å². The van der Waals surface area contributed by atoms with Crippen molar-refractivity contribution in [2.45, 2.75) is 37.0 Å². The van der Waals surface area contributed by atoms with E-state index in [1.54, 1.807) is 12.1 Å². The molecule has 1 aliphatic rings. The number of aromatic nitrogens is 3. The molecule has 1 heterocycles. The molecule has 6 heteroatoms. The molecule has 1 fully saturated rings. The third-order valence-corrected chi connectivity index (χ3v) is 5.18. The van der Waals surface area contributed by atoms with E-state index in [9.17, 15) is 4.79 Å². The van der Waals surface area contributed by atoms with Crippen LogP contribution in [0.15, 0.2) is 18.2 Å². The van der Waals surface area contributed by atoms with Gasteiger partial charge in [-0.1, -0.05) is 5.21 Å². The molecule has 1 aliphatic carbocycles. The molecule has 1 N–H and O–H groups in total. The molecule has 2 aromatic rings. The van der Waals surface area contributed by atoms with Gasteiger partial charge >= 0.3 is 5.97 Å². The standard InChI is InChI=1S/C14H17N3O2S/c1-20-11-5-3-10(4-6-11)17-13-7-2-9(14(18)19)8-12(13)15-16-17/h2,7-8,10-11H,3-6H2,1H3,(H,18,19). The first-order chi connectivity index (χ1) is 9.69. The Morgan fingerprint density at radius 1 is 1.35 bits per heavy atom. The normalized spacial score (nSPS) is 23.1. The van der Waals surface area contributed by atoms with Crippen LogP contribution in [0.1, 0.15) is 42.1 Å². The summed E-state index contributed by atoms with van der Waals surface area (Å²) in [6.45, 7) is 0. The molecule has 0 bridgehead atoms. The number of hydrogen-bond acceptors (Lipinski definition) is 4. The van der Waals surface area contributed by atoms with E-state index in [-0.39, 0.29) is 5.56 Å². The van der Waals surface area contributed by atoms with Gasteiger partial charge in [-0.25, -0.2) is 9.48 Å². The highest BCUT2D eigenvalue weighted by Gasteiger charge is 2.24. The average molecular weight is 291 g/mol. The van der Waals surface area contributed by atoms with Crippen LogP contribution in [0.25, 0.3) is 11.0 Å². The molecule has 0 aliphatic heterocycles. The predicted molar refractivity (Wildman–Crippen MR) is 79.3 cm³/mol. The second-order valence-corrected chi connectivity index (χ2v) is 6.35. The van der Waals surface area contributed by atoms with Crippen LogP contribution in [0, 0.1) is 0 Å². The number of rotatable bonds is 3. The van der Waals surface area contributed by atoms with Gasteiger partial charge in [-0.2, -0.15) is 11.8 Å². The van der Waals surface area contributed by atoms with E-state index in [1.807, 2.05) is 22.5 Å². The lowest BCUT2D eigenvalue weighted by atomic mass is 9.95. The second kappa shape index (κ2) is 5.44. The molecule has 20 heavy (non-hydrogen) atoms. The third kappa shape index (κ3) is 2.40. The van der Waals surface area contributed by atoms with Crippen molar-refractivity contribution < 1.29 is 9.90 Å². The van der Waals surface area contributed by atoms with Crippen molar-refractivity contribution in [2.75, 3.05) is 6.26 Å². The molecule has 3 rings (SSSR count). The molecular weight excluding hydrogens is 274 g/mol. The van der Waals surface area contributed by atoms with Crippen LogP contribution in [0.3, 0.4) is 0 Å². The summed E-state index contributed by atoms with van der Waals surface area (Å²) in [5.41, 5.74) is 1.86. The number of aromatic carboxylic acids is 1. The SMILES string of the molecule is CSC1CCC(n2nnc3cc(C(=O)O)ccc32)CC1. The van der Waals surface area contributed by atoms with Gasteiger partial charge in [0.1, 0.15) is 5.52 Å². The molecule has 5 nitrogen and oxygen atoms in total. The first-order valence-electron chi connectivity index (χ1n) is 6.80. The van der Waals surface area contributed by atoms with E-state index < -0.39 is 5.97 Å². The fourth-order valence-electron chi connectivity index (χ4n) is 2.87. The molecule has 0 radical (unpaired) electrons. The number of benzene rings is 1. The van der Waals surface area contributed by atoms with Crippen molar-refractivity contribution >= 4 is 28.8 Å². The van der Waals surface area contributed by atoms with Gasteiger partial charge in [-0.05, 0) is 50.1 Å². The summed E-state index contributed by atoms with van der Waals surface area (Å²) >= 11 is 1.94. The zero-order valence-electron chi connectivity index (χ0n) is 11.3. The van der Waals surface area contributed by atoms with Crippen molar-refractivity contribution in [3.8, 4) is 0 Å². The van der Waals surface area contributed by atoms with Crippen LogP contribution in [0.2, 0.25) is 0 Å². The molecule has 0 amide bonds. The largest absolute Gasteiger partial charge is 0.478 e. The molecule has 0 unspecified atom stereocenters. The summed E-state index contributed by atoms with van der Waals surface area (Å²) in [6.07, 6.45) is 6.82. The summed E-state index contributed by atoms with van der Waals surface area (Å²) < 4.78 is 1.97. The lowest BCUT2D eigenvalue weighted by molar-refractivity contribution is 0.0697. The zero-order chi connectivity index (χ0) is 14.1. The van der Waals surface area contributed by atoms with Gasteiger partial charge in [0.2, 0.25) is 0 Å². The van der Waals surface area contributed by atoms with E-state index in [1.165, 1.54) is 12.8 Å². The van der Waals surface area contributed by atoms with Crippen molar-refractivity contribution in [3.05, 3.63) is 23.8 Å². The van der Waals surface area contributed by atoms with Crippen LogP contribution >= 0.6 is 11.8 Å². The van der Waals surface area contributed by atoms with Crippen LogP contribution in [0.5, 0.6) is 0 Å². The van der Waals surface area contributed by atoms with Crippen LogP contribution in [0.4, 0.5) is 0 Å². The number of hydrogen-bond donors (Lipinski definition) is 1. The molecule has 0 spiro atoms. The Labute approximate surface area is 121 Å². The smallest absolute Gasteiger partial charge is 0.335 e. The van der Waals surface area contributed by atoms with E-state index >= 15 is 0 Å². The molecule has 0 atom stereocenters. The van der Waals surface area contributed by atoms with E-state index in [2.05, 4.69) is 16.6 Å². The molecule has 106 valence electrons. The summed E-state index contributed by atoms with van der Waals surface area (Å²) in [7, 11) is 0. The predicted octanol–water partition coefficient (Wildman–Crippen LogP) is 2.98. The first-order valence-corrected chi connectivity index (χ1v) is 8.09. The van der Waals surface area contributed by atoms with E-state index in [0.717, 1.165) is 23.6 Å². The number of fused-ring (bicyclic) bond motifs is 1. The van der Waals surface area contributed by atoms with Crippen molar-refractivity contribution in [1.82, 2.24) is 15.0 Å². The van der Waals surface area contributed by atoms with Gasteiger partial charge in [-0.3, -0.25) is 0 Å². The summed E-state index contributed by atoms with van der Waals surface area (Å²) in [4.78, 5) is 11.0. The number of thioether (sulfide) groups is 1. The van der Waals surface area contributed by atoms with Crippen molar-refractivity contribution in [1.29, 1.82) is 0 Å². The second-order valence-electron chi connectivity index (χ2n) is 5.21. The minimum Gasteiger partial charge on any atom is -0.478 e. The highest BCUT2D eigenvalue weighted by atomic mass is 32.2. The van der Waals surface area contributed by atoms with Gasteiger partial charge in [0.25, 0.3) is 0 Å². The third-order valence-electron chi connectivity index (χ3n) is 4.04. The molecule has 1 aromatic carbocycles. The van der Waals surface area contributed by atoms with Crippen LogP contribution in [-0.2, 0) is 0 Å². The molecule has 1 saturated carbocycles. The number of carbonyl (C=O) groups is 1. The quantitative estimate of drug-likeness (QED) is 0.941. The minimum atomic E-state index is -0.929. The number of nitrogens with zero attached hydrogens (tertiary/aromatic N) is 3. The summed E-state index contributed by atoms with van der Waals surface area (Å²) in [5, 5.41) is 18.1. The maximum Gasteiger partial charge on any atom is 0.335 e. The lowest BCUT2D eigenvalue weighted by Gasteiger charge is -2.27. The van der Waals surface area contributed by atoms with Crippen LogP contribution < -0.4 is 0 Å².